The van der Waals surface area contributed by atoms with E-state index in [1.807, 2.05) is 19.9 Å². The average molecular weight is 279 g/mol. The van der Waals surface area contributed by atoms with Crippen LogP contribution in [0, 0.1) is 5.92 Å². The Hall–Kier alpha value is -1.62. The molecule has 0 bridgehead atoms. The molecule has 1 aromatic heterocycles. The molecular weight excluding hydrogens is 254 g/mol. The second-order valence-corrected chi connectivity index (χ2v) is 4.85. The molecule has 1 heterocycles. The van der Waals surface area contributed by atoms with Crippen LogP contribution < -0.4 is 5.32 Å². The molecule has 1 unspecified atom stereocenters. The number of ether oxygens (including phenoxy) is 1. The van der Waals surface area contributed by atoms with Crippen molar-refractivity contribution in [3.8, 4) is 0 Å². The molecular formula is C15H25N3O2. The molecule has 0 aliphatic rings. The van der Waals surface area contributed by atoms with E-state index in [1.165, 1.54) is 0 Å². The first-order chi connectivity index (χ1) is 9.62. The third-order valence-corrected chi connectivity index (χ3v) is 3.14. The van der Waals surface area contributed by atoms with Crippen molar-refractivity contribution in [2.45, 2.75) is 20.8 Å². The van der Waals surface area contributed by atoms with Crippen LogP contribution in [0.4, 0.5) is 5.69 Å². The van der Waals surface area contributed by atoms with Crippen molar-refractivity contribution in [3.05, 3.63) is 24.0 Å². The van der Waals surface area contributed by atoms with E-state index in [0.29, 0.717) is 31.3 Å². The third kappa shape index (κ3) is 4.81. The Kier molecular flexibility index (Phi) is 7.01. The van der Waals surface area contributed by atoms with E-state index >= 15 is 0 Å². The SMILES string of the molecule is CCN(CC)C(=O)c1cc(NCC(C)COC)ccn1. The molecule has 0 aliphatic carbocycles. The van der Waals surface area contributed by atoms with Crippen LogP contribution in [0.2, 0.25) is 0 Å². The van der Waals surface area contributed by atoms with Crippen LogP contribution in [0.3, 0.4) is 0 Å². The average Bonchev–Trinajstić information content (AvgIpc) is 2.47. The molecule has 1 aromatic rings. The Morgan fingerprint density at radius 2 is 2.15 bits per heavy atom. The summed E-state index contributed by atoms with van der Waals surface area (Å²) in [5.41, 5.74) is 1.40. The Morgan fingerprint density at radius 1 is 1.45 bits per heavy atom. The van der Waals surface area contributed by atoms with Crippen molar-refractivity contribution in [1.82, 2.24) is 9.88 Å². The first-order valence-corrected chi connectivity index (χ1v) is 7.10. The van der Waals surface area contributed by atoms with Gasteiger partial charge in [0.05, 0.1) is 6.61 Å². The standard InChI is InChI=1S/C15H25N3O2/c1-5-18(6-2)15(19)14-9-13(7-8-16-14)17-10-12(3)11-20-4/h7-9,12H,5-6,10-11H2,1-4H3,(H,16,17). The number of rotatable bonds is 8. The van der Waals surface area contributed by atoms with Gasteiger partial charge in [0.1, 0.15) is 5.69 Å². The quantitative estimate of drug-likeness (QED) is 0.793. The van der Waals surface area contributed by atoms with Gasteiger partial charge in [-0.2, -0.15) is 0 Å². The van der Waals surface area contributed by atoms with Crippen molar-refractivity contribution < 1.29 is 9.53 Å². The molecule has 0 spiro atoms. The summed E-state index contributed by atoms with van der Waals surface area (Å²) in [6.07, 6.45) is 1.67. The van der Waals surface area contributed by atoms with Gasteiger partial charge in [0.2, 0.25) is 0 Å². The minimum atomic E-state index is -0.0245. The van der Waals surface area contributed by atoms with Gasteiger partial charge in [0, 0.05) is 38.6 Å². The lowest BCUT2D eigenvalue weighted by molar-refractivity contribution is 0.0767. The normalized spacial score (nSPS) is 12.0. The highest BCUT2D eigenvalue weighted by molar-refractivity contribution is 5.93. The smallest absolute Gasteiger partial charge is 0.272 e. The molecule has 1 atom stereocenters. The van der Waals surface area contributed by atoms with E-state index < -0.39 is 0 Å². The van der Waals surface area contributed by atoms with Crippen molar-refractivity contribution in [2.24, 2.45) is 5.92 Å². The number of hydrogen-bond acceptors (Lipinski definition) is 4. The van der Waals surface area contributed by atoms with E-state index in [-0.39, 0.29) is 5.91 Å². The molecule has 5 nitrogen and oxygen atoms in total. The van der Waals surface area contributed by atoms with Gasteiger partial charge >= 0.3 is 0 Å². The molecule has 1 N–H and O–H groups in total. The van der Waals surface area contributed by atoms with Gasteiger partial charge in [0.25, 0.3) is 5.91 Å². The number of nitrogens with one attached hydrogen (secondary N) is 1. The summed E-state index contributed by atoms with van der Waals surface area (Å²) >= 11 is 0. The minimum absolute atomic E-state index is 0.0245. The van der Waals surface area contributed by atoms with Gasteiger partial charge in [-0.05, 0) is 31.9 Å². The van der Waals surface area contributed by atoms with Crippen LogP contribution >= 0.6 is 0 Å². The Labute approximate surface area is 121 Å². The van der Waals surface area contributed by atoms with Gasteiger partial charge in [-0.15, -0.1) is 0 Å². The molecule has 0 radical (unpaired) electrons. The van der Waals surface area contributed by atoms with Crippen LogP contribution in [-0.4, -0.2) is 49.1 Å². The van der Waals surface area contributed by atoms with E-state index in [2.05, 4.69) is 17.2 Å². The summed E-state index contributed by atoms with van der Waals surface area (Å²) in [6.45, 7) is 8.95. The highest BCUT2D eigenvalue weighted by Crippen LogP contribution is 2.11. The molecule has 0 saturated carbocycles. The van der Waals surface area contributed by atoms with Crippen LogP contribution in [-0.2, 0) is 4.74 Å². The van der Waals surface area contributed by atoms with Crippen molar-refractivity contribution in [2.75, 3.05) is 38.7 Å². The third-order valence-electron chi connectivity index (χ3n) is 3.14. The van der Waals surface area contributed by atoms with Crippen molar-refractivity contribution in [3.63, 3.8) is 0 Å². The first kappa shape index (κ1) is 16.4. The molecule has 20 heavy (non-hydrogen) atoms. The van der Waals surface area contributed by atoms with Crippen LogP contribution in [0.15, 0.2) is 18.3 Å². The second-order valence-electron chi connectivity index (χ2n) is 4.85. The fourth-order valence-corrected chi connectivity index (χ4v) is 1.97. The molecule has 1 rings (SSSR count). The fraction of sp³-hybridized carbons (Fsp3) is 0.600. The van der Waals surface area contributed by atoms with Gasteiger partial charge in [-0.25, -0.2) is 0 Å². The summed E-state index contributed by atoms with van der Waals surface area (Å²) in [5.74, 6) is 0.388. The monoisotopic (exact) mass is 279 g/mol. The molecule has 0 aromatic carbocycles. The zero-order valence-corrected chi connectivity index (χ0v) is 12.8. The Morgan fingerprint density at radius 3 is 2.75 bits per heavy atom. The van der Waals surface area contributed by atoms with Crippen LogP contribution in [0.5, 0.6) is 0 Å². The van der Waals surface area contributed by atoms with Gasteiger partial charge in [-0.1, -0.05) is 6.92 Å². The maximum Gasteiger partial charge on any atom is 0.272 e. The lowest BCUT2D eigenvalue weighted by Gasteiger charge is -2.18. The largest absolute Gasteiger partial charge is 0.385 e. The summed E-state index contributed by atoms with van der Waals surface area (Å²) in [5, 5.41) is 3.31. The van der Waals surface area contributed by atoms with Crippen LogP contribution in [0.1, 0.15) is 31.3 Å². The molecule has 112 valence electrons. The minimum Gasteiger partial charge on any atom is -0.385 e. The number of amides is 1. The lowest BCUT2D eigenvalue weighted by Crippen LogP contribution is -2.31. The second kappa shape index (κ2) is 8.53. The summed E-state index contributed by atoms with van der Waals surface area (Å²) in [7, 11) is 1.70. The summed E-state index contributed by atoms with van der Waals surface area (Å²) < 4.78 is 5.10. The predicted molar refractivity (Wildman–Crippen MR) is 81.0 cm³/mol. The predicted octanol–water partition coefficient (Wildman–Crippen LogP) is 2.26. The highest BCUT2D eigenvalue weighted by atomic mass is 16.5. The number of methoxy groups -OCH3 is 1. The first-order valence-electron chi connectivity index (χ1n) is 7.10. The fourth-order valence-electron chi connectivity index (χ4n) is 1.97. The van der Waals surface area contributed by atoms with Gasteiger partial charge in [0.15, 0.2) is 0 Å². The molecule has 1 amide bonds. The number of aromatic nitrogens is 1. The maximum absolute atomic E-state index is 12.2. The summed E-state index contributed by atoms with van der Waals surface area (Å²) in [6, 6.07) is 3.68. The zero-order chi connectivity index (χ0) is 15.0. The number of pyridine rings is 1. The topological polar surface area (TPSA) is 54.5 Å². The van der Waals surface area contributed by atoms with E-state index in [9.17, 15) is 4.79 Å². The van der Waals surface area contributed by atoms with E-state index in [0.717, 1.165) is 12.2 Å². The highest BCUT2D eigenvalue weighted by Gasteiger charge is 2.14. The van der Waals surface area contributed by atoms with E-state index in [4.69, 9.17) is 4.74 Å². The van der Waals surface area contributed by atoms with Crippen molar-refractivity contribution >= 4 is 11.6 Å². The number of carbonyl (C=O) groups excluding carboxylic acids is 1. The number of nitrogens with zero attached hydrogens (tertiary/aromatic N) is 2. The number of hydrogen-bond donors (Lipinski definition) is 1. The molecule has 0 saturated heterocycles. The molecule has 0 fully saturated rings. The van der Waals surface area contributed by atoms with Gasteiger partial charge in [-0.3, -0.25) is 9.78 Å². The van der Waals surface area contributed by atoms with Gasteiger partial charge < -0.3 is 15.0 Å². The summed E-state index contributed by atoms with van der Waals surface area (Å²) in [4.78, 5) is 18.1. The number of anilines is 1. The Balaban J connectivity index is 2.68. The lowest BCUT2D eigenvalue weighted by atomic mass is 10.2. The maximum atomic E-state index is 12.2. The van der Waals surface area contributed by atoms with Crippen LogP contribution in [0.25, 0.3) is 0 Å². The Bertz CT molecular complexity index is 419. The van der Waals surface area contributed by atoms with E-state index in [1.54, 1.807) is 24.3 Å². The molecule has 5 heteroatoms. The number of carbonyl (C=O) groups is 1. The van der Waals surface area contributed by atoms with Crippen molar-refractivity contribution in [1.29, 1.82) is 0 Å². The zero-order valence-electron chi connectivity index (χ0n) is 12.8. The molecule has 0 aliphatic heterocycles.